The Kier molecular flexibility index (Phi) is 5.85. The van der Waals surface area contributed by atoms with E-state index in [1.165, 1.54) is 14.2 Å². The highest BCUT2D eigenvalue weighted by molar-refractivity contribution is 9.08. The summed E-state index contributed by atoms with van der Waals surface area (Å²) in [6.07, 6.45) is 0.699. The van der Waals surface area contributed by atoms with Crippen molar-refractivity contribution in [2.45, 2.75) is 18.2 Å². The van der Waals surface area contributed by atoms with Crippen LogP contribution in [0.5, 0.6) is 0 Å². The average Bonchev–Trinajstić information content (AvgIpc) is 2.43. The van der Waals surface area contributed by atoms with Gasteiger partial charge in [-0.3, -0.25) is 4.79 Å². The molecule has 0 amide bonds. The van der Waals surface area contributed by atoms with Crippen molar-refractivity contribution in [2.24, 2.45) is 0 Å². The van der Waals surface area contributed by atoms with Gasteiger partial charge in [0.15, 0.2) is 0 Å². The molecule has 98 valence electrons. The summed E-state index contributed by atoms with van der Waals surface area (Å²) < 4.78 is 9.37. The Balaban J connectivity index is 3.02. The van der Waals surface area contributed by atoms with Crippen LogP contribution >= 0.6 is 15.9 Å². The van der Waals surface area contributed by atoms with Crippen molar-refractivity contribution in [3.63, 3.8) is 0 Å². The molecule has 0 aliphatic carbocycles. The standard InChI is InChI=1S/C13H15BrO4/c1-17-11(15)7-6-9-4-3-5-10(8-14)12(9)13(16)18-2/h3-5H,6-8H2,1-2H3. The van der Waals surface area contributed by atoms with E-state index >= 15 is 0 Å². The number of ether oxygens (including phenoxy) is 2. The number of carbonyl (C=O) groups is 2. The number of rotatable bonds is 5. The maximum Gasteiger partial charge on any atom is 0.338 e. The zero-order valence-electron chi connectivity index (χ0n) is 10.4. The van der Waals surface area contributed by atoms with Gasteiger partial charge in [0.25, 0.3) is 0 Å². The van der Waals surface area contributed by atoms with E-state index in [4.69, 9.17) is 4.74 Å². The number of methoxy groups -OCH3 is 2. The number of esters is 2. The SMILES string of the molecule is COC(=O)CCc1cccc(CBr)c1C(=O)OC. The van der Waals surface area contributed by atoms with E-state index in [0.717, 1.165) is 11.1 Å². The molecule has 0 heterocycles. The van der Waals surface area contributed by atoms with Gasteiger partial charge in [-0.25, -0.2) is 4.79 Å². The molecule has 0 bridgehead atoms. The highest BCUT2D eigenvalue weighted by Gasteiger charge is 2.16. The second kappa shape index (κ2) is 7.16. The van der Waals surface area contributed by atoms with Crippen LogP contribution in [0.1, 0.15) is 27.9 Å². The Bertz CT molecular complexity index is 443. The second-order valence-corrected chi connectivity index (χ2v) is 4.21. The van der Waals surface area contributed by atoms with E-state index in [9.17, 15) is 9.59 Å². The summed E-state index contributed by atoms with van der Waals surface area (Å²) in [5.41, 5.74) is 2.18. The zero-order chi connectivity index (χ0) is 13.5. The predicted octanol–water partition coefficient (Wildman–Crippen LogP) is 2.47. The van der Waals surface area contributed by atoms with Crippen molar-refractivity contribution >= 4 is 27.9 Å². The second-order valence-electron chi connectivity index (χ2n) is 3.65. The first-order chi connectivity index (χ1) is 8.63. The largest absolute Gasteiger partial charge is 0.469 e. The minimum atomic E-state index is -0.384. The van der Waals surface area contributed by atoms with Crippen molar-refractivity contribution in [3.05, 3.63) is 34.9 Å². The Hall–Kier alpha value is -1.36. The Morgan fingerprint density at radius 1 is 1.17 bits per heavy atom. The fourth-order valence-corrected chi connectivity index (χ4v) is 2.14. The topological polar surface area (TPSA) is 52.6 Å². The van der Waals surface area contributed by atoms with Crippen LogP contribution in [-0.4, -0.2) is 26.2 Å². The lowest BCUT2D eigenvalue weighted by Crippen LogP contribution is -2.11. The first-order valence-electron chi connectivity index (χ1n) is 5.45. The van der Waals surface area contributed by atoms with Crippen LogP contribution in [0.3, 0.4) is 0 Å². The van der Waals surface area contributed by atoms with E-state index in [0.29, 0.717) is 17.3 Å². The third-order valence-corrected chi connectivity index (χ3v) is 3.20. The summed E-state index contributed by atoms with van der Waals surface area (Å²) in [4.78, 5) is 22.9. The molecule has 18 heavy (non-hydrogen) atoms. The lowest BCUT2D eigenvalue weighted by Gasteiger charge is -2.11. The molecule has 0 fully saturated rings. The molecule has 0 aromatic heterocycles. The van der Waals surface area contributed by atoms with E-state index in [2.05, 4.69) is 20.7 Å². The summed E-state index contributed by atoms with van der Waals surface area (Å²) in [6.45, 7) is 0. The molecule has 4 nitrogen and oxygen atoms in total. The minimum absolute atomic E-state index is 0.242. The van der Waals surface area contributed by atoms with E-state index in [1.807, 2.05) is 18.2 Å². The van der Waals surface area contributed by atoms with Crippen molar-refractivity contribution in [3.8, 4) is 0 Å². The van der Waals surface area contributed by atoms with E-state index in [1.54, 1.807) is 0 Å². The molecule has 0 atom stereocenters. The zero-order valence-corrected chi connectivity index (χ0v) is 12.0. The van der Waals surface area contributed by atoms with Crippen LogP contribution < -0.4 is 0 Å². The minimum Gasteiger partial charge on any atom is -0.469 e. The molecule has 1 aromatic carbocycles. The molecule has 0 saturated heterocycles. The van der Waals surface area contributed by atoms with Gasteiger partial charge in [-0.05, 0) is 17.5 Å². The summed E-state index contributed by atoms with van der Waals surface area (Å²) in [6, 6.07) is 5.53. The monoisotopic (exact) mass is 314 g/mol. The summed E-state index contributed by atoms with van der Waals surface area (Å²) in [7, 11) is 2.69. The van der Waals surface area contributed by atoms with Gasteiger partial charge in [-0.2, -0.15) is 0 Å². The summed E-state index contributed by atoms with van der Waals surface area (Å²) in [5.74, 6) is -0.681. The van der Waals surface area contributed by atoms with Gasteiger partial charge in [0.1, 0.15) is 0 Å². The smallest absolute Gasteiger partial charge is 0.338 e. The number of hydrogen-bond donors (Lipinski definition) is 0. The third-order valence-electron chi connectivity index (χ3n) is 2.60. The first-order valence-corrected chi connectivity index (χ1v) is 6.58. The third kappa shape index (κ3) is 3.57. The quantitative estimate of drug-likeness (QED) is 0.619. The van der Waals surface area contributed by atoms with Crippen LogP contribution in [-0.2, 0) is 26.0 Å². The highest BCUT2D eigenvalue weighted by atomic mass is 79.9. The van der Waals surface area contributed by atoms with Crippen LogP contribution in [0.15, 0.2) is 18.2 Å². The molecule has 0 radical (unpaired) electrons. The number of hydrogen-bond acceptors (Lipinski definition) is 4. The Morgan fingerprint density at radius 2 is 1.83 bits per heavy atom. The van der Waals surface area contributed by atoms with E-state index in [-0.39, 0.29) is 18.4 Å². The fourth-order valence-electron chi connectivity index (χ4n) is 1.68. The molecule has 0 unspecified atom stereocenters. The normalized spacial score (nSPS) is 9.94. The van der Waals surface area contributed by atoms with Crippen molar-refractivity contribution in [1.82, 2.24) is 0 Å². The van der Waals surface area contributed by atoms with Gasteiger partial charge in [-0.15, -0.1) is 0 Å². The molecule has 5 heteroatoms. The molecule has 0 aliphatic heterocycles. The summed E-state index contributed by atoms with van der Waals surface area (Å²) >= 11 is 3.33. The lowest BCUT2D eigenvalue weighted by molar-refractivity contribution is -0.140. The van der Waals surface area contributed by atoms with Crippen molar-refractivity contribution in [1.29, 1.82) is 0 Å². The summed E-state index contributed by atoms with van der Waals surface area (Å²) in [5, 5.41) is 0.559. The molecule has 0 saturated carbocycles. The number of alkyl halides is 1. The van der Waals surface area contributed by atoms with Gasteiger partial charge in [0.05, 0.1) is 19.8 Å². The Morgan fingerprint density at radius 3 is 2.39 bits per heavy atom. The number of carbonyl (C=O) groups excluding carboxylic acids is 2. The maximum absolute atomic E-state index is 11.8. The number of benzene rings is 1. The average molecular weight is 315 g/mol. The molecular weight excluding hydrogens is 300 g/mol. The van der Waals surface area contributed by atoms with E-state index < -0.39 is 0 Å². The van der Waals surface area contributed by atoms with Gasteiger partial charge in [0, 0.05) is 11.8 Å². The molecule has 0 spiro atoms. The molecular formula is C13H15BrO4. The predicted molar refractivity (Wildman–Crippen MR) is 70.7 cm³/mol. The number of aryl methyl sites for hydroxylation is 1. The molecule has 0 N–H and O–H groups in total. The first kappa shape index (κ1) is 14.7. The lowest BCUT2D eigenvalue weighted by atomic mass is 9.98. The van der Waals surface area contributed by atoms with Crippen molar-refractivity contribution in [2.75, 3.05) is 14.2 Å². The molecule has 1 rings (SSSR count). The van der Waals surface area contributed by atoms with Crippen molar-refractivity contribution < 1.29 is 19.1 Å². The van der Waals surface area contributed by atoms with Crippen LogP contribution in [0, 0.1) is 0 Å². The fraction of sp³-hybridized carbons (Fsp3) is 0.385. The maximum atomic E-state index is 11.8. The van der Waals surface area contributed by atoms with Crippen LogP contribution in [0.25, 0.3) is 0 Å². The highest BCUT2D eigenvalue weighted by Crippen LogP contribution is 2.20. The van der Waals surface area contributed by atoms with Crippen LogP contribution in [0.4, 0.5) is 0 Å². The van der Waals surface area contributed by atoms with Gasteiger partial charge in [0.2, 0.25) is 0 Å². The molecule has 0 aliphatic rings. The van der Waals surface area contributed by atoms with Gasteiger partial charge >= 0.3 is 11.9 Å². The molecule has 1 aromatic rings. The number of halogens is 1. The Labute approximate surface area is 114 Å². The van der Waals surface area contributed by atoms with Gasteiger partial charge < -0.3 is 9.47 Å². The van der Waals surface area contributed by atoms with Crippen LogP contribution in [0.2, 0.25) is 0 Å². The van der Waals surface area contributed by atoms with Gasteiger partial charge in [-0.1, -0.05) is 34.1 Å².